The average molecular weight is 592 g/mol. The van der Waals surface area contributed by atoms with E-state index in [-0.39, 0.29) is 34.8 Å². The molecule has 6 fully saturated rings. The lowest BCUT2D eigenvalue weighted by molar-refractivity contribution is -0.143. The van der Waals surface area contributed by atoms with E-state index in [4.69, 9.17) is 4.74 Å². The molecule has 0 spiro atoms. The van der Waals surface area contributed by atoms with Crippen LogP contribution in [0.5, 0.6) is 5.75 Å². The third-order valence-electron chi connectivity index (χ3n) is 12.7. The lowest BCUT2D eigenvalue weighted by atomic mass is 9.46. The van der Waals surface area contributed by atoms with Gasteiger partial charge >= 0.3 is 6.09 Å². The summed E-state index contributed by atoms with van der Waals surface area (Å²) in [6.07, 6.45) is 9.61. The predicted molar refractivity (Wildman–Crippen MR) is 167 cm³/mol. The number of nitrogens with zero attached hydrogens (tertiary/aromatic N) is 3. The number of ether oxygens (including phenoxy) is 1. The molecule has 3 saturated carbocycles. The van der Waals surface area contributed by atoms with Gasteiger partial charge in [-0.05, 0) is 138 Å². The Morgan fingerprint density at radius 1 is 1.07 bits per heavy atom. The summed E-state index contributed by atoms with van der Waals surface area (Å²) in [5.74, 6) is 2.25. The van der Waals surface area contributed by atoms with Crippen molar-refractivity contribution in [1.82, 2.24) is 14.7 Å². The first-order chi connectivity index (χ1) is 20.5. The van der Waals surface area contributed by atoms with Crippen LogP contribution in [0.1, 0.15) is 97.1 Å². The zero-order valence-corrected chi connectivity index (χ0v) is 27.1. The van der Waals surface area contributed by atoms with Crippen LogP contribution in [0, 0.1) is 29.1 Å². The molecule has 6 aliphatic rings. The Kier molecular flexibility index (Phi) is 7.11. The average Bonchev–Trinajstić information content (AvgIpc) is 3.67. The first-order valence-corrected chi connectivity index (χ1v) is 17.3. The highest BCUT2D eigenvalue weighted by Gasteiger charge is 2.74. The van der Waals surface area contributed by atoms with E-state index in [0.29, 0.717) is 36.7 Å². The van der Waals surface area contributed by atoms with Gasteiger partial charge in [-0.3, -0.25) is 9.69 Å². The van der Waals surface area contributed by atoms with Gasteiger partial charge in [0.1, 0.15) is 11.4 Å². The van der Waals surface area contributed by atoms with Crippen LogP contribution < -0.4 is 0 Å². The third kappa shape index (κ3) is 4.61. The van der Waals surface area contributed by atoms with E-state index in [1.165, 1.54) is 36.9 Å². The van der Waals surface area contributed by atoms with E-state index in [1.807, 2.05) is 26.8 Å². The highest BCUT2D eigenvalue weighted by Crippen LogP contribution is 2.74. The number of phenolic OH excluding ortho intramolecular Hbond substituents is 1. The largest absolute Gasteiger partial charge is 0.508 e. The SMILES string of the molecule is CCc1ccc(O)cc1C12CCN(CC3CC3)C(C)C13CCC1C2[C@@H](CN1C(=O)[C@H]1CCCN(C(=O)OC(C)(C)C)C1)C3. The fourth-order valence-electron chi connectivity index (χ4n) is 10.9. The minimum atomic E-state index is -0.544. The Bertz CT molecular complexity index is 1270. The molecule has 0 radical (unpaired) electrons. The molecule has 7 rings (SSSR count). The molecule has 1 aromatic rings. The van der Waals surface area contributed by atoms with Crippen molar-refractivity contribution in [2.24, 2.45) is 29.1 Å². The molecule has 43 heavy (non-hydrogen) atoms. The smallest absolute Gasteiger partial charge is 0.410 e. The topological polar surface area (TPSA) is 73.3 Å². The van der Waals surface area contributed by atoms with Gasteiger partial charge in [0.05, 0.1) is 5.92 Å². The van der Waals surface area contributed by atoms with Crippen LogP contribution >= 0.6 is 0 Å². The maximum Gasteiger partial charge on any atom is 0.410 e. The number of aryl methyl sites for hydroxylation is 1. The van der Waals surface area contributed by atoms with Crippen molar-refractivity contribution in [3.63, 3.8) is 0 Å². The normalized spacial score (nSPS) is 37.4. The monoisotopic (exact) mass is 591 g/mol. The van der Waals surface area contributed by atoms with Crippen LogP contribution in [-0.2, 0) is 21.4 Å². The first-order valence-electron chi connectivity index (χ1n) is 17.3. The van der Waals surface area contributed by atoms with Gasteiger partial charge in [0, 0.05) is 43.7 Å². The fourth-order valence-corrected chi connectivity index (χ4v) is 10.9. The van der Waals surface area contributed by atoms with Crippen molar-refractivity contribution in [1.29, 1.82) is 0 Å². The molecular formula is C36H53N3O4. The Balaban J connectivity index is 1.21. The number of aromatic hydroxyl groups is 1. The van der Waals surface area contributed by atoms with Gasteiger partial charge < -0.3 is 19.6 Å². The van der Waals surface area contributed by atoms with Gasteiger partial charge in [-0.1, -0.05) is 13.0 Å². The summed E-state index contributed by atoms with van der Waals surface area (Å²) < 4.78 is 5.68. The Labute approximate surface area is 258 Å². The van der Waals surface area contributed by atoms with E-state index >= 15 is 0 Å². The van der Waals surface area contributed by atoms with Gasteiger partial charge in [-0.15, -0.1) is 0 Å². The number of carbonyl (C=O) groups is 2. The number of likely N-dealkylation sites (tertiary alicyclic amines) is 3. The standard InChI is InChI=1S/C36H53N3O4/c1-6-25-11-12-28(40)18-29(25)36-15-17-37(20-24-9-10-24)23(2)35(36)14-13-30-31(36)27(19-35)22-39(30)32(41)26-8-7-16-38(21-26)33(42)43-34(3,4)5/h11-12,18,23-24,26-27,30-31,40H,6-10,13-17,19-22H2,1-5H3/t23?,26-,27+,30?,31?,35?,36?/m0/s1. The van der Waals surface area contributed by atoms with Gasteiger partial charge in [0.15, 0.2) is 0 Å². The fraction of sp³-hybridized carbons (Fsp3) is 0.778. The zero-order valence-electron chi connectivity index (χ0n) is 27.1. The Morgan fingerprint density at radius 3 is 2.58 bits per heavy atom. The number of phenols is 1. The van der Waals surface area contributed by atoms with Crippen molar-refractivity contribution in [3.05, 3.63) is 29.3 Å². The number of carbonyl (C=O) groups excluding carboxylic acids is 2. The molecule has 3 heterocycles. The zero-order chi connectivity index (χ0) is 30.3. The van der Waals surface area contributed by atoms with E-state index < -0.39 is 5.60 Å². The molecule has 1 N–H and O–H groups in total. The molecule has 7 nitrogen and oxygen atoms in total. The molecule has 3 aliphatic carbocycles. The third-order valence-corrected chi connectivity index (χ3v) is 12.7. The molecular weight excluding hydrogens is 538 g/mol. The number of amides is 2. The van der Waals surface area contributed by atoms with Gasteiger partial charge in [0.2, 0.25) is 5.91 Å². The maximum absolute atomic E-state index is 14.4. The van der Waals surface area contributed by atoms with Crippen molar-refractivity contribution < 1.29 is 19.4 Å². The second kappa shape index (κ2) is 10.4. The highest BCUT2D eigenvalue weighted by atomic mass is 16.6. The van der Waals surface area contributed by atoms with Crippen molar-refractivity contribution in [2.75, 3.05) is 32.7 Å². The molecule has 236 valence electrons. The second-order valence-corrected chi connectivity index (χ2v) is 16.0. The summed E-state index contributed by atoms with van der Waals surface area (Å²) in [6.45, 7) is 14.8. The maximum atomic E-state index is 14.4. The quantitative estimate of drug-likeness (QED) is 0.457. The van der Waals surface area contributed by atoms with Gasteiger partial charge in [0.25, 0.3) is 0 Å². The van der Waals surface area contributed by atoms with E-state index in [1.54, 1.807) is 4.90 Å². The lowest BCUT2D eigenvalue weighted by Gasteiger charge is -2.63. The molecule has 5 unspecified atom stereocenters. The number of hydrogen-bond donors (Lipinski definition) is 1. The van der Waals surface area contributed by atoms with Crippen LogP contribution in [0.3, 0.4) is 0 Å². The number of hydrogen-bond acceptors (Lipinski definition) is 5. The summed E-state index contributed by atoms with van der Waals surface area (Å²) in [6, 6.07) is 6.89. The molecule has 3 aliphatic heterocycles. The molecule has 2 amide bonds. The van der Waals surface area contributed by atoms with E-state index in [0.717, 1.165) is 57.5 Å². The summed E-state index contributed by atoms with van der Waals surface area (Å²) in [5, 5.41) is 10.9. The van der Waals surface area contributed by atoms with Gasteiger partial charge in [-0.25, -0.2) is 4.79 Å². The summed E-state index contributed by atoms with van der Waals surface area (Å²) in [5.41, 5.74) is 2.37. The summed E-state index contributed by atoms with van der Waals surface area (Å²) in [4.78, 5) is 34.2. The predicted octanol–water partition coefficient (Wildman–Crippen LogP) is 5.97. The van der Waals surface area contributed by atoms with Crippen LogP contribution in [-0.4, -0.2) is 82.2 Å². The number of piperidine rings is 2. The highest BCUT2D eigenvalue weighted by molar-refractivity contribution is 5.81. The Morgan fingerprint density at radius 2 is 1.86 bits per heavy atom. The van der Waals surface area contributed by atoms with E-state index in [9.17, 15) is 14.7 Å². The van der Waals surface area contributed by atoms with E-state index in [2.05, 4.69) is 35.8 Å². The number of benzene rings is 1. The lowest BCUT2D eigenvalue weighted by Crippen LogP contribution is -2.67. The van der Waals surface area contributed by atoms with Crippen LogP contribution in [0.15, 0.2) is 18.2 Å². The van der Waals surface area contributed by atoms with Crippen LogP contribution in [0.25, 0.3) is 0 Å². The molecule has 7 atom stereocenters. The molecule has 3 saturated heterocycles. The van der Waals surface area contributed by atoms with Gasteiger partial charge in [-0.2, -0.15) is 0 Å². The van der Waals surface area contributed by atoms with Crippen LogP contribution in [0.2, 0.25) is 0 Å². The minimum absolute atomic E-state index is 0.0196. The molecule has 2 bridgehead atoms. The first kappa shape index (κ1) is 29.4. The van der Waals surface area contributed by atoms with Crippen molar-refractivity contribution in [2.45, 2.75) is 116 Å². The second-order valence-electron chi connectivity index (χ2n) is 16.0. The van der Waals surface area contributed by atoms with Crippen molar-refractivity contribution >= 4 is 12.0 Å². The van der Waals surface area contributed by atoms with Crippen LogP contribution in [0.4, 0.5) is 4.79 Å². The summed E-state index contributed by atoms with van der Waals surface area (Å²) in [7, 11) is 0. The number of rotatable bonds is 5. The molecule has 0 aromatic heterocycles. The molecule has 7 heteroatoms. The minimum Gasteiger partial charge on any atom is -0.508 e. The van der Waals surface area contributed by atoms with Crippen molar-refractivity contribution in [3.8, 4) is 5.75 Å². The molecule has 1 aromatic carbocycles. The summed E-state index contributed by atoms with van der Waals surface area (Å²) >= 11 is 0. The Hall–Kier alpha value is -2.28.